The molecule has 6 heteroatoms. The molecule has 1 N–H and O–H groups in total. The Balaban J connectivity index is 2.02. The van der Waals surface area contributed by atoms with Crippen LogP contribution in [-0.2, 0) is 0 Å². The first kappa shape index (κ1) is 11.6. The molecule has 0 radical (unpaired) electrons. The number of anilines is 2. The van der Waals surface area contributed by atoms with Crippen LogP contribution in [0.15, 0.2) is 0 Å². The molecule has 1 aliphatic heterocycles. The van der Waals surface area contributed by atoms with E-state index in [1.807, 2.05) is 6.92 Å². The molecule has 96 valence electrons. The van der Waals surface area contributed by atoms with Crippen LogP contribution in [0.3, 0.4) is 0 Å². The van der Waals surface area contributed by atoms with Gasteiger partial charge in [0.05, 0.1) is 10.4 Å². The molecular formula is C12H17N5S. The van der Waals surface area contributed by atoms with Gasteiger partial charge in [-0.05, 0) is 26.7 Å². The Bertz CT molecular complexity index is 559. The zero-order valence-corrected chi connectivity index (χ0v) is 11.5. The minimum Gasteiger partial charge on any atom is -0.362 e. The minimum atomic E-state index is 0.824. The molecule has 0 saturated carbocycles. The van der Waals surface area contributed by atoms with E-state index in [1.54, 1.807) is 11.3 Å². The summed E-state index contributed by atoms with van der Waals surface area (Å²) in [7, 11) is 0. The highest BCUT2D eigenvalue weighted by atomic mass is 32.1. The molecule has 0 unspecified atom stereocenters. The van der Waals surface area contributed by atoms with Crippen molar-refractivity contribution in [2.75, 3.05) is 29.9 Å². The number of fused-ring (bicyclic) bond motifs is 1. The summed E-state index contributed by atoms with van der Waals surface area (Å²) in [5.74, 6) is 0.839. The van der Waals surface area contributed by atoms with Gasteiger partial charge in [-0.2, -0.15) is 9.97 Å². The normalized spacial score (nSPS) is 15.6. The molecule has 0 amide bonds. The molecule has 1 saturated heterocycles. The van der Waals surface area contributed by atoms with Gasteiger partial charge in [0.25, 0.3) is 0 Å². The van der Waals surface area contributed by atoms with Gasteiger partial charge in [-0.3, -0.25) is 0 Å². The lowest BCUT2D eigenvalue weighted by Crippen LogP contribution is -2.20. The third-order valence-electron chi connectivity index (χ3n) is 3.13. The van der Waals surface area contributed by atoms with Gasteiger partial charge in [0.2, 0.25) is 5.95 Å². The van der Waals surface area contributed by atoms with Crippen LogP contribution in [-0.4, -0.2) is 34.6 Å². The number of rotatable bonds is 3. The minimum absolute atomic E-state index is 0.824. The van der Waals surface area contributed by atoms with Gasteiger partial charge < -0.3 is 10.2 Å². The van der Waals surface area contributed by atoms with Crippen LogP contribution in [0.25, 0.3) is 10.3 Å². The summed E-state index contributed by atoms with van der Waals surface area (Å²) in [6, 6.07) is 0. The van der Waals surface area contributed by atoms with Crippen LogP contribution in [0, 0.1) is 6.92 Å². The Morgan fingerprint density at radius 1 is 1.22 bits per heavy atom. The second kappa shape index (κ2) is 4.68. The molecule has 0 spiro atoms. The number of hydrogen-bond donors (Lipinski definition) is 1. The van der Waals surface area contributed by atoms with Gasteiger partial charge in [-0.15, -0.1) is 0 Å². The largest absolute Gasteiger partial charge is 0.362 e. The van der Waals surface area contributed by atoms with Gasteiger partial charge in [0.15, 0.2) is 10.8 Å². The molecule has 0 atom stereocenters. The maximum Gasteiger partial charge on any atom is 0.227 e. The molecule has 2 aromatic heterocycles. The van der Waals surface area contributed by atoms with Crippen LogP contribution in [0.2, 0.25) is 0 Å². The van der Waals surface area contributed by atoms with E-state index in [4.69, 9.17) is 0 Å². The molecular weight excluding hydrogens is 246 g/mol. The number of thiazole rings is 1. The van der Waals surface area contributed by atoms with Crippen molar-refractivity contribution in [1.82, 2.24) is 15.0 Å². The highest BCUT2D eigenvalue weighted by Gasteiger charge is 2.18. The Labute approximate surface area is 110 Å². The van der Waals surface area contributed by atoms with Crippen molar-refractivity contribution in [3.05, 3.63) is 5.69 Å². The lowest BCUT2D eigenvalue weighted by molar-refractivity contribution is 0.898. The summed E-state index contributed by atoms with van der Waals surface area (Å²) in [5.41, 5.74) is 1.86. The van der Waals surface area contributed by atoms with Gasteiger partial charge >= 0.3 is 0 Å². The van der Waals surface area contributed by atoms with Crippen molar-refractivity contribution < 1.29 is 0 Å². The summed E-state index contributed by atoms with van der Waals surface area (Å²) < 4.78 is 1.09. The standard InChI is InChI=1S/C12H17N5S/c1-3-13-12-16-10-9(18-12)8(2)14-11(15-10)17-6-4-5-7-17/h3-7H2,1-2H3,(H,13,14,15,16). The highest BCUT2D eigenvalue weighted by molar-refractivity contribution is 7.22. The van der Waals surface area contributed by atoms with Crippen LogP contribution < -0.4 is 10.2 Å². The Morgan fingerprint density at radius 2 is 2.00 bits per heavy atom. The van der Waals surface area contributed by atoms with Gasteiger partial charge in [0.1, 0.15) is 0 Å². The van der Waals surface area contributed by atoms with Gasteiger partial charge in [0, 0.05) is 19.6 Å². The maximum absolute atomic E-state index is 4.61. The summed E-state index contributed by atoms with van der Waals surface area (Å²) in [5, 5.41) is 4.17. The zero-order valence-electron chi connectivity index (χ0n) is 10.7. The topological polar surface area (TPSA) is 53.9 Å². The second-order valence-corrected chi connectivity index (χ2v) is 5.50. The molecule has 0 aromatic carbocycles. The highest BCUT2D eigenvalue weighted by Crippen LogP contribution is 2.28. The van der Waals surface area contributed by atoms with Crippen molar-refractivity contribution in [2.24, 2.45) is 0 Å². The third kappa shape index (κ3) is 2.01. The van der Waals surface area contributed by atoms with Crippen LogP contribution in [0.4, 0.5) is 11.1 Å². The summed E-state index contributed by atoms with van der Waals surface area (Å²) in [4.78, 5) is 16.0. The van der Waals surface area contributed by atoms with Crippen molar-refractivity contribution in [3.63, 3.8) is 0 Å². The lowest BCUT2D eigenvalue weighted by Gasteiger charge is -2.14. The van der Waals surface area contributed by atoms with Crippen LogP contribution in [0.5, 0.6) is 0 Å². The quantitative estimate of drug-likeness (QED) is 0.921. The lowest BCUT2D eigenvalue weighted by atomic mass is 10.4. The van der Waals surface area contributed by atoms with E-state index < -0.39 is 0 Å². The molecule has 1 aliphatic rings. The summed E-state index contributed by atoms with van der Waals surface area (Å²) in [6.07, 6.45) is 2.47. The molecule has 1 fully saturated rings. The van der Waals surface area contributed by atoms with Crippen molar-refractivity contribution in [1.29, 1.82) is 0 Å². The monoisotopic (exact) mass is 263 g/mol. The first-order valence-electron chi connectivity index (χ1n) is 6.42. The fraction of sp³-hybridized carbons (Fsp3) is 0.583. The fourth-order valence-corrected chi connectivity index (χ4v) is 3.15. The van der Waals surface area contributed by atoms with Gasteiger partial charge in [-0.25, -0.2) is 4.98 Å². The average molecular weight is 263 g/mol. The van der Waals surface area contributed by atoms with Crippen LogP contribution >= 0.6 is 11.3 Å². The number of nitrogens with one attached hydrogen (secondary N) is 1. The Hall–Kier alpha value is -1.43. The van der Waals surface area contributed by atoms with E-state index in [0.29, 0.717) is 0 Å². The molecule has 2 aromatic rings. The number of aryl methyl sites for hydroxylation is 1. The number of aromatic nitrogens is 3. The molecule has 5 nitrogen and oxygen atoms in total. The Kier molecular flexibility index (Phi) is 3.03. The summed E-state index contributed by atoms with van der Waals surface area (Å²) in [6.45, 7) is 7.12. The number of nitrogens with zero attached hydrogens (tertiary/aromatic N) is 4. The van der Waals surface area contributed by atoms with E-state index in [-0.39, 0.29) is 0 Å². The van der Waals surface area contributed by atoms with E-state index >= 15 is 0 Å². The summed E-state index contributed by atoms with van der Waals surface area (Å²) >= 11 is 1.63. The van der Waals surface area contributed by atoms with E-state index in [9.17, 15) is 0 Å². The first-order chi connectivity index (χ1) is 8.78. The third-order valence-corrected chi connectivity index (χ3v) is 4.24. The smallest absolute Gasteiger partial charge is 0.227 e. The maximum atomic E-state index is 4.61. The van der Waals surface area contributed by atoms with E-state index in [0.717, 1.165) is 46.8 Å². The zero-order chi connectivity index (χ0) is 12.5. The number of hydrogen-bond acceptors (Lipinski definition) is 6. The predicted molar refractivity (Wildman–Crippen MR) is 75.6 cm³/mol. The molecule has 18 heavy (non-hydrogen) atoms. The molecule has 3 rings (SSSR count). The van der Waals surface area contributed by atoms with Gasteiger partial charge in [-0.1, -0.05) is 11.3 Å². The molecule has 3 heterocycles. The predicted octanol–water partition coefficient (Wildman–Crippen LogP) is 2.43. The fourth-order valence-electron chi connectivity index (χ4n) is 2.23. The van der Waals surface area contributed by atoms with E-state index in [2.05, 4.69) is 32.1 Å². The SMILES string of the molecule is CCNc1nc2nc(N3CCCC3)nc(C)c2s1. The first-order valence-corrected chi connectivity index (χ1v) is 7.23. The van der Waals surface area contributed by atoms with Crippen molar-refractivity contribution >= 4 is 32.8 Å². The van der Waals surface area contributed by atoms with E-state index in [1.165, 1.54) is 12.8 Å². The molecule has 0 aliphatic carbocycles. The van der Waals surface area contributed by atoms with Crippen molar-refractivity contribution in [2.45, 2.75) is 26.7 Å². The molecule has 0 bridgehead atoms. The second-order valence-electron chi connectivity index (χ2n) is 4.51. The van der Waals surface area contributed by atoms with Crippen molar-refractivity contribution in [3.8, 4) is 0 Å². The Morgan fingerprint density at radius 3 is 2.72 bits per heavy atom. The van der Waals surface area contributed by atoms with Crippen LogP contribution in [0.1, 0.15) is 25.5 Å². The average Bonchev–Trinajstić information content (AvgIpc) is 2.97.